The van der Waals surface area contributed by atoms with Crippen molar-refractivity contribution in [2.75, 3.05) is 10.6 Å². The molecule has 0 saturated carbocycles. The molecule has 1 atom stereocenters. The molecule has 2 aliphatic rings. The number of benzene rings is 2. The summed E-state index contributed by atoms with van der Waals surface area (Å²) >= 11 is 5.92. The van der Waals surface area contributed by atoms with Crippen molar-refractivity contribution in [3.8, 4) is 0 Å². The Morgan fingerprint density at radius 3 is 2.86 bits per heavy atom. The van der Waals surface area contributed by atoms with Crippen molar-refractivity contribution in [2.24, 2.45) is 4.99 Å². The number of halogens is 1. The first-order chi connectivity index (χ1) is 10.3. The highest BCUT2D eigenvalue weighted by Gasteiger charge is 2.26. The van der Waals surface area contributed by atoms with E-state index in [0.717, 1.165) is 29.5 Å². The van der Waals surface area contributed by atoms with Gasteiger partial charge in [0, 0.05) is 22.0 Å². The summed E-state index contributed by atoms with van der Waals surface area (Å²) in [6, 6.07) is 14.4. The molecule has 106 valence electrons. The minimum absolute atomic E-state index is 0.279. The molecule has 2 aromatic rings. The molecular formula is C17H16ClN3. The Kier molecular flexibility index (Phi) is 3.08. The first-order valence-corrected chi connectivity index (χ1v) is 7.66. The van der Waals surface area contributed by atoms with Gasteiger partial charge in [-0.25, -0.2) is 4.99 Å². The lowest BCUT2D eigenvalue weighted by atomic mass is 9.86. The summed E-state index contributed by atoms with van der Waals surface area (Å²) in [6.45, 7) is 0. The topological polar surface area (TPSA) is 36.4 Å². The predicted octanol–water partition coefficient (Wildman–Crippen LogP) is 4.61. The Bertz CT molecular complexity index is 706. The van der Waals surface area contributed by atoms with Gasteiger partial charge in [0.05, 0.1) is 6.04 Å². The molecule has 0 radical (unpaired) electrons. The van der Waals surface area contributed by atoms with Crippen molar-refractivity contribution in [3.63, 3.8) is 0 Å². The highest BCUT2D eigenvalue weighted by molar-refractivity contribution is 6.30. The average Bonchev–Trinajstić information content (AvgIpc) is 2.50. The van der Waals surface area contributed by atoms with Crippen molar-refractivity contribution >= 4 is 28.9 Å². The maximum absolute atomic E-state index is 5.92. The number of hydrogen-bond acceptors (Lipinski definition) is 3. The molecule has 0 saturated heterocycles. The lowest BCUT2D eigenvalue weighted by Crippen LogP contribution is -2.29. The third-order valence-corrected chi connectivity index (χ3v) is 4.35. The first kappa shape index (κ1) is 12.7. The minimum Gasteiger partial charge on any atom is -0.326 e. The zero-order chi connectivity index (χ0) is 14.2. The summed E-state index contributed by atoms with van der Waals surface area (Å²) < 4.78 is 0. The molecule has 1 heterocycles. The molecule has 0 bridgehead atoms. The van der Waals surface area contributed by atoms with Crippen molar-refractivity contribution in [3.05, 3.63) is 58.6 Å². The van der Waals surface area contributed by atoms with Crippen LogP contribution in [0.15, 0.2) is 47.5 Å². The van der Waals surface area contributed by atoms with Gasteiger partial charge in [0.2, 0.25) is 5.96 Å². The molecule has 0 fully saturated rings. The van der Waals surface area contributed by atoms with Crippen LogP contribution in [0, 0.1) is 0 Å². The second kappa shape index (κ2) is 5.08. The fraction of sp³-hybridized carbons (Fsp3) is 0.235. The molecule has 2 aromatic carbocycles. The van der Waals surface area contributed by atoms with E-state index >= 15 is 0 Å². The summed E-state index contributed by atoms with van der Waals surface area (Å²) in [7, 11) is 0. The van der Waals surface area contributed by atoms with Crippen molar-refractivity contribution < 1.29 is 0 Å². The number of hydrogen-bond donors (Lipinski definition) is 2. The van der Waals surface area contributed by atoms with E-state index in [1.807, 2.05) is 24.3 Å². The second-order valence-corrected chi connectivity index (χ2v) is 5.96. The molecule has 1 aliphatic heterocycles. The Balaban J connectivity index is 1.64. The van der Waals surface area contributed by atoms with Crippen molar-refractivity contribution in [1.29, 1.82) is 0 Å². The Labute approximate surface area is 129 Å². The first-order valence-electron chi connectivity index (χ1n) is 7.29. The highest BCUT2D eigenvalue weighted by atomic mass is 35.5. The molecule has 0 aromatic heterocycles. The molecule has 0 spiro atoms. The van der Waals surface area contributed by atoms with Crippen LogP contribution in [0.25, 0.3) is 0 Å². The number of rotatable bonds is 1. The van der Waals surface area contributed by atoms with Gasteiger partial charge in [0.1, 0.15) is 0 Å². The number of aliphatic imine (C=N–C) groups is 1. The molecule has 4 rings (SSSR count). The minimum atomic E-state index is 0.279. The van der Waals surface area contributed by atoms with Gasteiger partial charge in [-0.2, -0.15) is 0 Å². The molecule has 1 aliphatic carbocycles. The van der Waals surface area contributed by atoms with Gasteiger partial charge in [-0.15, -0.1) is 0 Å². The van der Waals surface area contributed by atoms with Gasteiger partial charge >= 0.3 is 0 Å². The number of guanidine groups is 1. The fourth-order valence-corrected chi connectivity index (χ4v) is 3.27. The van der Waals surface area contributed by atoms with E-state index in [1.54, 1.807) is 0 Å². The van der Waals surface area contributed by atoms with Gasteiger partial charge < -0.3 is 10.6 Å². The van der Waals surface area contributed by atoms with Crippen LogP contribution < -0.4 is 10.6 Å². The van der Waals surface area contributed by atoms with Gasteiger partial charge in [-0.1, -0.05) is 23.7 Å². The van der Waals surface area contributed by atoms with Crippen LogP contribution in [-0.4, -0.2) is 5.96 Å². The van der Waals surface area contributed by atoms with E-state index in [4.69, 9.17) is 16.6 Å². The monoisotopic (exact) mass is 297 g/mol. The lowest BCUT2D eigenvalue weighted by molar-refractivity contribution is 0.570. The van der Waals surface area contributed by atoms with Crippen LogP contribution in [0.4, 0.5) is 11.4 Å². The van der Waals surface area contributed by atoms with E-state index < -0.39 is 0 Å². The van der Waals surface area contributed by atoms with Gasteiger partial charge in [0.15, 0.2) is 0 Å². The van der Waals surface area contributed by atoms with Crippen molar-refractivity contribution in [2.45, 2.75) is 25.3 Å². The third kappa shape index (κ3) is 2.38. The maximum atomic E-state index is 5.92. The maximum Gasteiger partial charge on any atom is 0.200 e. The van der Waals surface area contributed by atoms with Gasteiger partial charge in [-0.3, -0.25) is 0 Å². The Morgan fingerprint density at radius 1 is 1.14 bits per heavy atom. The Morgan fingerprint density at radius 2 is 2.00 bits per heavy atom. The normalized spacial score (nSPS) is 19.3. The fourth-order valence-electron chi connectivity index (χ4n) is 3.14. The van der Waals surface area contributed by atoms with Crippen LogP contribution in [0.3, 0.4) is 0 Å². The zero-order valence-electron chi connectivity index (χ0n) is 11.6. The van der Waals surface area contributed by atoms with Gasteiger partial charge in [-0.05, 0) is 55.2 Å². The van der Waals surface area contributed by atoms with E-state index in [0.29, 0.717) is 0 Å². The average molecular weight is 298 g/mol. The summed E-state index contributed by atoms with van der Waals surface area (Å²) in [4.78, 5) is 4.83. The smallest absolute Gasteiger partial charge is 0.200 e. The second-order valence-electron chi connectivity index (χ2n) is 5.52. The SMILES string of the molecule is Clc1ccc(NC2=NC3CCCc4cccc(c43)N2)cc1. The summed E-state index contributed by atoms with van der Waals surface area (Å²) in [5.74, 6) is 0.814. The molecule has 2 N–H and O–H groups in total. The van der Waals surface area contributed by atoms with Crippen LogP contribution in [0.1, 0.15) is 30.0 Å². The molecule has 3 nitrogen and oxygen atoms in total. The predicted molar refractivity (Wildman–Crippen MR) is 88.3 cm³/mol. The largest absolute Gasteiger partial charge is 0.326 e. The molecular weight excluding hydrogens is 282 g/mol. The van der Waals surface area contributed by atoms with Crippen molar-refractivity contribution in [1.82, 2.24) is 0 Å². The summed E-state index contributed by atoms with van der Waals surface area (Å²) in [6.07, 6.45) is 3.49. The van der Waals surface area contributed by atoms with Gasteiger partial charge in [0.25, 0.3) is 0 Å². The van der Waals surface area contributed by atoms with Crippen LogP contribution in [0.2, 0.25) is 5.02 Å². The molecule has 0 amide bonds. The number of nitrogens with zero attached hydrogens (tertiary/aromatic N) is 1. The van der Waals surface area contributed by atoms with E-state index in [2.05, 4.69) is 28.8 Å². The summed E-state index contributed by atoms with van der Waals surface area (Å²) in [5.41, 5.74) is 4.99. The number of anilines is 2. The Hall–Kier alpha value is -2.00. The number of aryl methyl sites for hydroxylation is 1. The van der Waals surface area contributed by atoms with Crippen LogP contribution in [0.5, 0.6) is 0 Å². The molecule has 21 heavy (non-hydrogen) atoms. The van der Waals surface area contributed by atoms with E-state index in [1.165, 1.54) is 23.2 Å². The highest BCUT2D eigenvalue weighted by Crippen LogP contribution is 2.39. The molecule has 1 unspecified atom stereocenters. The van der Waals surface area contributed by atoms with E-state index in [9.17, 15) is 0 Å². The standard InChI is InChI=1S/C17H16ClN3/c18-12-7-9-13(10-8-12)19-17-20-14-5-1-3-11-4-2-6-15(21-17)16(11)14/h1,3,5,7-10,15H,2,4,6H2,(H2,19,20,21). The molecule has 4 heteroatoms. The number of nitrogens with one attached hydrogen (secondary N) is 2. The van der Waals surface area contributed by atoms with E-state index in [-0.39, 0.29) is 6.04 Å². The zero-order valence-corrected chi connectivity index (χ0v) is 12.3. The lowest BCUT2D eigenvalue weighted by Gasteiger charge is -2.30. The van der Waals surface area contributed by atoms with Crippen LogP contribution >= 0.6 is 11.6 Å². The third-order valence-electron chi connectivity index (χ3n) is 4.10. The van der Waals surface area contributed by atoms with Crippen LogP contribution in [-0.2, 0) is 6.42 Å². The quantitative estimate of drug-likeness (QED) is 0.806. The summed E-state index contributed by atoms with van der Waals surface area (Å²) in [5, 5.41) is 7.48.